The fourth-order valence-corrected chi connectivity index (χ4v) is 2.67. The molecule has 0 saturated heterocycles. The zero-order chi connectivity index (χ0) is 13.8. The van der Waals surface area contributed by atoms with E-state index >= 15 is 0 Å². The molecular weight excluding hydrogens is 258 g/mol. The quantitative estimate of drug-likeness (QED) is 0.685. The molecule has 1 aromatic heterocycles. The third-order valence-corrected chi connectivity index (χ3v) is 3.53. The first-order valence-corrected chi connectivity index (χ1v) is 6.93. The highest BCUT2D eigenvalue weighted by atomic mass is 32.2. The lowest BCUT2D eigenvalue weighted by Crippen LogP contribution is -2.02. The van der Waals surface area contributed by atoms with Gasteiger partial charge in [0.2, 0.25) is 0 Å². The van der Waals surface area contributed by atoms with Crippen molar-refractivity contribution in [3.05, 3.63) is 53.2 Å². The fourth-order valence-electron chi connectivity index (χ4n) is 1.75. The highest BCUT2D eigenvalue weighted by molar-refractivity contribution is 7.99. The summed E-state index contributed by atoms with van der Waals surface area (Å²) >= 11 is 1.43. The van der Waals surface area contributed by atoms with Gasteiger partial charge in [0.05, 0.1) is 10.8 Å². The summed E-state index contributed by atoms with van der Waals surface area (Å²) < 4.78 is 0. The highest BCUT2D eigenvalue weighted by Crippen LogP contribution is 2.19. The maximum absolute atomic E-state index is 12.0. The number of carbonyl (C=O) groups is 1. The summed E-state index contributed by atoms with van der Waals surface area (Å²) in [5.74, 6) is 0.548. The maximum atomic E-state index is 12.0. The number of thioether (sulfide) groups is 1. The van der Waals surface area contributed by atoms with Crippen LogP contribution in [0.15, 0.2) is 41.4 Å². The van der Waals surface area contributed by atoms with Crippen LogP contribution >= 0.6 is 11.8 Å². The number of aryl methyl sites for hydroxylation is 2. The molecule has 1 aromatic carbocycles. The van der Waals surface area contributed by atoms with Crippen molar-refractivity contribution in [3.63, 3.8) is 0 Å². The van der Waals surface area contributed by atoms with Gasteiger partial charge >= 0.3 is 0 Å². The first-order chi connectivity index (χ1) is 9.04. The summed E-state index contributed by atoms with van der Waals surface area (Å²) in [4.78, 5) is 16.4. The predicted molar refractivity (Wildman–Crippen MR) is 76.9 cm³/mol. The molecule has 19 heavy (non-hydrogen) atoms. The van der Waals surface area contributed by atoms with E-state index in [1.807, 2.05) is 26.0 Å². The van der Waals surface area contributed by atoms with Crippen molar-refractivity contribution >= 4 is 17.5 Å². The molecule has 4 heteroatoms. The van der Waals surface area contributed by atoms with Crippen molar-refractivity contribution in [2.75, 3.05) is 5.75 Å². The minimum Gasteiger partial charge on any atom is -0.508 e. The van der Waals surface area contributed by atoms with E-state index < -0.39 is 0 Å². The normalized spacial score (nSPS) is 10.4. The van der Waals surface area contributed by atoms with Crippen molar-refractivity contribution < 1.29 is 9.90 Å². The van der Waals surface area contributed by atoms with E-state index in [0.29, 0.717) is 11.3 Å². The molecule has 0 unspecified atom stereocenters. The van der Waals surface area contributed by atoms with Crippen LogP contribution in [0.2, 0.25) is 0 Å². The Morgan fingerprint density at radius 1 is 1.21 bits per heavy atom. The van der Waals surface area contributed by atoms with E-state index in [2.05, 4.69) is 4.98 Å². The highest BCUT2D eigenvalue weighted by Gasteiger charge is 2.07. The molecule has 1 N–H and O–H groups in total. The van der Waals surface area contributed by atoms with Crippen molar-refractivity contribution in [1.82, 2.24) is 4.98 Å². The number of hydrogen-bond acceptors (Lipinski definition) is 4. The lowest BCUT2D eigenvalue weighted by molar-refractivity contribution is 0.102. The molecule has 0 radical (unpaired) electrons. The van der Waals surface area contributed by atoms with E-state index in [-0.39, 0.29) is 11.5 Å². The second-order valence-corrected chi connectivity index (χ2v) is 5.38. The van der Waals surface area contributed by atoms with Crippen LogP contribution in [0.3, 0.4) is 0 Å². The minimum atomic E-state index is 0.0333. The van der Waals surface area contributed by atoms with Gasteiger partial charge in [0.25, 0.3) is 0 Å². The molecule has 0 aliphatic carbocycles. The number of pyridine rings is 1. The number of phenolic OH excluding ortho intramolecular Hbond substituents is 1. The van der Waals surface area contributed by atoms with E-state index in [4.69, 9.17) is 0 Å². The molecular formula is C15H15NO2S. The first-order valence-electron chi connectivity index (χ1n) is 5.95. The van der Waals surface area contributed by atoms with Gasteiger partial charge in [0, 0.05) is 11.3 Å². The Kier molecular flexibility index (Phi) is 4.22. The van der Waals surface area contributed by atoms with Gasteiger partial charge in [-0.15, -0.1) is 0 Å². The van der Waals surface area contributed by atoms with Crippen LogP contribution in [0.25, 0.3) is 0 Å². The Morgan fingerprint density at radius 3 is 2.53 bits per heavy atom. The summed E-state index contributed by atoms with van der Waals surface area (Å²) in [7, 11) is 0. The molecule has 3 nitrogen and oxygen atoms in total. The second-order valence-electron chi connectivity index (χ2n) is 4.38. The lowest BCUT2D eigenvalue weighted by Gasteiger charge is -2.04. The fraction of sp³-hybridized carbons (Fsp3) is 0.200. The Morgan fingerprint density at radius 2 is 1.89 bits per heavy atom. The van der Waals surface area contributed by atoms with Crippen LogP contribution in [0.4, 0.5) is 0 Å². The molecule has 0 fully saturated rings. The van der Waals surface area contributed by atoms with Gasteiger partial charge < -0.3 is 5.11 Å². The van der Waals surface area contributed by atoms with Crippen LogP contribution in [0.5, 0.6) is 5.75 Å². The average Bonchev–Trinajstić information content (AvgIpc) is 2.36. The largest absolute Gasteiger partial charge is 0.508 e. The van der Waals surface area contributed by atoms with Gasteiger partial charge in [-0.2, -0.15) is 0 Å². The average molecular weight is 273 g/mol. The number of nitrogens with zero attached hydrogens (tertiary/aromatic N) is 1. The van der Waals surface area contributed by atoms with Gasteiger partial charge in [-0.1, -0.05) is 11.8 Å². The van der Waals surface area contributed by atoms with E-state index in [9.17, 15) is 9.90 Å². The molecule has 0 aliphatic heterocycles. The number of carbonyl (C=O) groups excluding carboxylic acids is 1. The SMILES string of the molecule is Cc1cc(C)nc(SCC(=O)c2ccc(O)cc2)c1. The third kappa shape index (κ3) is 3.83. The van der Waals surface area contributed by atoms with E-state index in [0.717, 1.165) is 16.3 Å². The lowest BCUT2D eigenvalue weighted by atomic mass is 10.1. The third-order valence-electron chi connectivity index (χ3n) is 2.61. The molecule has 0 aliphatic rings. The number of Topliss-reactive ketones (excluding diaryl/α,β-unsaturated/α-hetero) is 1. The summed E-state index contributed by atoms with van der Waals surface area (Å²) in [5.41, 5.74) is 2.71. The summed E-state index contributed by atoms with van der Waals surface area (Å²) in [6.07, 6.45) is 0. The standard InChI is InChI=1S/C15H15NO2S/c1-10-7-11(2)16-15(8-10)19-9-14(18)12-3-5-13(17)6-4-12/h3-8,17H,9H2,1-2H3. The maximum Gasteiger partial charge on any atom is 0.173 e. The van der Waals surface area contributed by atoms with Crippen LogP contribution in [0, 0.1) is 13.8 Å². The zero-order valence-electron chi connectivity index (χ0n) is 10.9. The number of benzene rings is 1. The Bertz CT molecular complexity index is 573. The smallest absolute Gasteiger partial charge is 0.173 e. The van der Waals surface area contributed by atoms with Crippen LogP contribution in [-0.4, -0.2) is 21.6 Å². The molecule has 98 valence electrons. The first kappa shape index (κ1) is 13.6. The van der Waals surface area contributed by atoms with Gasteiger partial charge in [0.15, 0.2) is 5.78 Å². The predicted octanol–water partition coefficient (Wildman–Crippen LogP) is 3.38. The van der Waals surface area contributed by atoms with Gasteiger partial charge in [-0.05, 0) is 55.8 Å². The Balaban J connectivity index is 2.02. The number of hydrogen-bond donors (Lipinski definition) is 1. The molecule has 0 bridgehead atoms. The zero-order valence-corrected chi connectivity index (χ0v) is 11.7. The van der Waals surface area contributed by atoms with Crippen molar-refractivity contribution in [1.29, 1.82) is 0 Å². The molecule has 0 amide bonds. The molecule has 2 rings (SSSR count). The van der Waals surface area contributed by atoms with Crippen molar-refractivity contribution in [2.24, 2.45) is 0 Å². The van der Waals surface area contributed by atoms with Gasteiger partial charge in [-0.25, -0.2) is 4.98 Å². The van der Waals surface area contributed by atoms with Gasteiger partial charge in [-0.3, -0.25) is 4.79 Å². The molecule has 0 atom stereocenters. The summed E-state index contributed by atoms with van der Waals surface area (Å²) in [6.45, 7) is 3.96. The molecule has 0 spiro atoms. The van der Waals surface area contributed by atoms with Crippen molar-refractivity contribution in [3.8, 4) is 5.75 Å². The molecule has 1 heterocycles. The van der Waals surface area contributed by atoms with E-state index in [1.54, 1.807) is 12.1 Å². The number of aromatic hydroxyl groups is 1. The van der Waals surface area contributed by atoms with Crippen molar-refractivity contribution in [2.45, 2.75) is 18.9 Å². The molecule has 2 aromatic rings. The summed E-state index contributed by atoms with van der Waals surface area (Å²) in [6, 6.07) is 10.3. The minimum absolute atomic E-state index is 0.0333. The number of ketones is 1. The number of rotatable bonds is 4. The summed E-state index contributed by atoms with van der Waals surface area (Å²) in [5, 5.41) is 10.0. The molecule has 0 saturated carbocycles. The van der Waals surface area contributed by atoms with Crippen LogP contribution in [0.1, 0.15) is 21.6 Å². The van der Waals surface area contributed by atoms with E-state index in [1.165, 1.54) is 23.9 Å². The topological polar surface area (TPSA) is 50.2 Å². The second kappa shape index (κ2) is 5.89. The Labute approximate surface area is 116 Å². The monoisotopic (exact) mass is 273 g/mol. The number of aromatic nitrogens is 1. The number of phenols is 1. The van der Waals surface area contributed by atoms with Gasteiger partial charge in [0.1, 0.15) is 5.75 Å². The van der Waals surface area contributed by atoms with Crippen LogP contribution < -0.4 is 0 Å². The Hall–Kier alpha value is -1.81. The van der Waals surface area contributed by atoms with Crippen LogP contribution in [-0.2, 0) is 0 Å².